The highest BCUT2D eigenvalue weighted by Crippen LogP contribution is 2.13. The predicted molar refractivity (Wildman–Crippen MR) is 55.0 cm³/mol. The molecule has 1 saturated heterocycles. The molecule has 1 aliphatic rings. The standard InChI is InChI=1S/C7H14N2O2.C2HF3O2/c1-11-6-7(10)9-4-2-8-3-5-9;3-2(4,5)1(6)7/h8H,2-6H2,1H3;(H,6,7). The van der Waals surface area contributed by atoms with Crippen molar-refractivity contribution >= 4 is 11.9 Å². The van der Waals surface area contributed by atoms with Gasteiger partial charge in [0.2, 0.25) is 5.91 Å². The van der Waals surface area contributed by atoms with Gasteiger partial charge in [-0.3, -0.25) is 4.79 Å². The molecule has 0 aromatic heterocycles. The summed E-state index contributed by atoms with van der Waals surface area (Å²) in [4.78, 5) is 21.9. The molecule has 0 aliphatic carbocycles. The zero-order valence-corrected chi connectivity index (χ0v) is 9.79. The van der Waals surface area contributed by atoms with Gasteiger partial charge in [-0.05, 0) is 0 Å². The van der Waals surface area contributed by atoms with E-state index in [4.69, 9.17) is 14.6 Å². The average Bonchev–Trinajstić information content (AvgIpc) is 2.30. The number of carbonyl (C=O) groups excluding carboxylic acids is 1. The van der Waals surface area contributed by atoms with Gasteiger partial charge < -0.3 is 20.1 Å². The number of carbonyl (C=O) groups is 2. The summed E-state index contributed by atoms with van der Waals surface area (Å²) in [6.45, 7) is 3.62. The number of hydrogen-bond acceptors (Lipinski definition) is 4. The van der Waals surface area contributed by atoms with Gasteiger partial charge in [-0.25, -0.2) is 4.79 Å². The Balaban J connectivity index is 0.000000360. The Kier molecular flexibility index (Phi) is 7.29. The summed E-state index contributed by atoms with van der Waals surface area (Å²) >= 11 is 0. The van der Waals surface area contributed by atoms with Gasteiger partial charge in [-0.1, -0.05) is 0 Å². The Bertz CT molecular complexity index is 277. The SMILES string of the molecule is COCC(=O)N1CCNCC1.O=C(O)C(F)(F)F. The van der Waals surface area contributed by atoms with Crippen LogP contribution < -0.4 is 5.32 Å². The molecule has 0 unspecified atom stereocenters. The molecule has 1 amide bonds. The number of alkyl halides is 3. The molecular formula is C9H15F3N2O4. The topological polar surface area (TPSA) is 78.9 Å². The fraction of sp³-hybridized carbons (Fsp3) is 0.778. The summed E-state index contributed by atoms with van der Waals surface area (Å²) in [7, 11) is 1.54. The van der Waals surface area contributed by atoms with Gasteiger partial charge in [0.05, 0.1) is 0 Å². The maximum absolute atomic E-state index is 11.2. The van der Waals surface area contributed by atoms with Crippen LogP contribution in [0.25, 0.3) is 0 Å². The fourth-order valence-electron chi connectivity index (χ4n) is 1.13. The third kappa shape index (κ3) is 7.07. The van der Waals surface area contributed by atoms with Crippen molar-refractivity contribution in [2.45, 2.75) is 6.18 Å². The van der Waals surface area contributed by atoms with Gasteiger partial charge in [0.1, 0.15) is 6.61 Å². The molecule has 1 fully saturated rings. The second-order valence-corrected chi connectivity index (χ2v) is 3.37. The van der Waals surface area contributed by atoms with E-state index < -0.39 is 12.1 Å². The van der Waals surface area contributed by atoms with Crippen molar-refractivity contribution in [3.8, 4) is 0 Å². The van der Waals surface area contributed by atoms with Gasteiger partial charge >= 0.3 is 12.1 Å². The van der Waals surface area contributed by atoms with E-state index in [0.29, 0.717) is 0 Å². The number of carboxylic acids is 1. The van der Waals surface area contributed by atoms with Crippen LogP contribution in [-0.4, -0.2) is 68.0 Å². The smallest absolute Gasteiger partial charge is 0.475 e. The Hall–Kier alpha value is -1.35. The summed E-state index contributed by atoms with van der Waals surface area (Å²) in [5, 5.41) is 10.3. The van der Waals surface area contributed by atoms with Crippen LogP contribution in [0.2, 0.25) is 0 Å². The van der Waals surface area contributed by atoms with E-state index >= 15 is 0 Å². The molecular weight excluding hydrogens is 257 g/mol. The molecule has 1 aliphatic heterocycles. The molecule has 0 saturated carbocycles. The van der Waals surface area contributed by atoms with E-state index in [0.717, 1.165) is 26.2 Å². The minimum absolute atomic E-state index is 0.0917. The van der Waals surface area contributed by atoms with E-state index in [1.165, 1.54) is 0 Å². The van der Waals surface area contributed by atoms with Gasteiger partial charge in [0, 0.05) is 33.3 Å². The normalized spacial score (nSPS) is 15.7. The summed E-state index contributed by atoms with van der Waals surface area (Å²) in [5.41, 5.74) is 0. The largest absolute Gasteiger partial charge is 0.490 e. The van der Waals surface area contributed by atoms with E-state index in [9.17, 15) is 18.0 Å². The van der Waals surface area contributed by atoms with Crippen LogP contribution in [0.3, 0.4) is 0 Å². The number of ether oxygens (including phenoxy) is 1. The number of carboxylic acid groups (broad SMARTS) is 1. The molecule has 0 bridgehead atoms. The molecule has 106 valence electrons. The highest BCUT2D eigenvalue weighted by atomic mass is 19.4. The molecule has 0 aromatic rings. The van der Waals surface area contributed by atoms with E-state index in [2.05, 4.69) is 5.32 Å². The van der Waals surface area contributed by atoms with Crippen LogP contribution in [-0.2, 0) is 14.3 Å². The number of methoxy groups -OCH3 is 1. The number of piperazine rings is 1. The zero-order chi connectivity index (χ0) is 14.2. The minimum atomic E-state index is -5.08. The summed E-state index contributed by atoms with van der Waals surface area (Å²) in [6.07, 6.45) is -5.08. The lowest BCUT2D eigenvalue weighted by molar-refractivity contribution is -0.192. The van der Waals surface area contributed by atoms with E-state index in [-0.39, 0.29) is 12.5 Å². The molecule has 0 radical (unpaired) electrons. The lowest BCUT2D eigenvalue weighted by atomic mass is 10.3. The Labute approximate surface area is 102 Å². The second kappa shape index (κ2) is 7.88. The Morgan fingerprint density at radius 2 is 1.78 bits per heavy atom. The number of nitrogens with one attached hydrogen (secondary N) is 1. The first-order chi connectivity index (χ1) is 8.29. The first-order valence-electron chi connectivity index (χ1n) is 5.06. The van der Waals surface area contributed by atoms with Gasteiger partial charge in [-0.2, -0.15) is 13.2 Å². The second-order valence-electron chi connectivity index (χ2n) is 3.37. The highest BCUT2D eigenvalue weighted by molar-refractivity contribution is 5.77. The van der Waals surface area contributed by atoms with Crippen molar-refractivity contribution in [2.75, 3.05) is 39.9 Å². The molecule has 0 aromatic carbocycles. The van der Waals surface area contributed by atoms with Crippen LogP contribution in [0.5, 0.6) is 0 Å². The third-order valence-corrected chi connectivity index (χ3v) is 1.98. The lowest BCUT2D eigenvalue weighted by Crippen LogP contribution is -2.47. The number of aliphatic carboxylic acids is 1. The Morgan fingerprint density at radius 1 is 1.33 bits per heavy atom. The molecule has 1 heterocycles. The average molecular weight is 272 g/mol. The number of nitrogens with zero attached hydrogens (tertiary/aromatic N) is 1. The van der Waals surface area contributed by atoms with Gasteiger partial charge in [0.15, 0.2) is 0 Å². The van der Waals surface area contributed by atoms with Crippen LogP contribution in [0.15, 0.2) is 0 Å². The first-order valence-corrected chi connectivity index (χ1v) is 5.06. The maximum Gasteiger partial charge on any atom is 0.490 e. The van der Waals surface area contributed by atoms with Gasteiger partial charge in [0.25, 0.3) is 0 Å². The van der Waals surface area contributed by atoms with E-state index in [1.807, 2.05) is 4.90 Å². The minimum Gasteiger partial charge on any atom is -0.475 e. The highest BCUT2D eigenvalue weighted by Gasteiger charge is 2.38. The van der Waals surface area contributed by atoms with Crippen LogP contribution in [0, 0.1) is 0 Å². The van der Waals surface area contributed by atoms with Crippen LogP contribution in [0.1, 0.15) is 0 Å². The first kappa shape index (κ1) is 16.6. The van der Waals surface area contributed by atoms with E-state index in [1.54, 1.807) is 7.11 Å². The maximum atomic E-state index is 11.2. The number of hydrogen-bond donors (Lipinski definition) is 2. The third-order valence-electron chi connectivity index (χ3n) is 1.98. The molecule has 1 rings (SSSR count). The van der Waals surface area contributed by atoms with Gasteiger partial charge in [-0.15, -0.1) is 0 Å². The fourth-order valence-corrected chi connectivity index (χ4v) is 1.13. The zero-order valence-electron chi connectivity index (χ0n) is 9.79. The number of halogens is 3. The summed E-state index contributed by atoms with van der Waals surface area (Å²) < 4.78 is 36.5. The summed E-state index contributed by atoms with van der Waals surface area (Å²) in [5.74, 6) is -2.67. The van der Waals surface area contributed by atoms with Crippen molar-refractivity contribution in [2.24, 2.45) is 0 Å². The van der Waals surface area contributed by atoms with Crippen molar-refractivity contribution < 1.29 is 32.6 Å². The lowest BCUT2D eigenvalue weighted by Gasteiger charge is -2.26. The Morgan fingerprint density at radius 3 is 2.11 bits per heavy atom. The molecule has 18 heavy (non-hydrogen) atoms. The van der Waals surface area contributed by atoms with Crippen molar-refractivity contribution in [3.63, 3.8) is 0 Å². The summed E-state index contributed by atoms with van der Waals surface area (Å²) in [6, 6.07) is 0. The van der Waals surface area contributed by atoms with Crippen molar-refractivity contribution in [1.29, 1.82) is 0 Å². The molecule has 9 heteroatoms. The number of amides is 1. The molecule has 0 spiro atoms. The van der Waals surface area contributed by atoms with Crippen molar-refractivity contribution in [3.05, 3.63) is 0 Å². The quantitative estimate of drug-likeness (QED) is 0.721. The van der Waals surface area contributed by atoms with Crippen LogP contribution >= 0.6 is 0 Å². The monoisotopic (exact) mass is 272 g/mol. The molecule has 0 atom stereocenters. The van der Waals surface area contributed by atoms with Crippen LogP contribution in [0.4, 0.5) is 13.2 Å². The predicted octanol–water partition coefficient (Wildman–Crippen LogP) is -0.302. The molecule has 6 nitrogen and oxygen atoms in total. The number of rotatable bonds is 2. The molecule has 2 N–H and O–H groups in total. The van der Waals surface area contributed by atoms with Crippen molar-refractivity contribution in [1.82, 2.24) is 10.2 Å².